The number of nitrogens with one attached hydrogen (secondary N) is 1. The SMILES string of the molecule is Cc1ccc(C(O)(c2ccc(C)cc2)c2ccccc2NCc2cnc(Cl)s2)cc1. The summed E-state index contributed by atoms with van der Waals surface area (Å²) in [4.78, 5) is 5.14. The van der Waals surface area contributed by atoms with E-state index in [1.807, 2.05) is 86.6 Å². The zero-order chi connectivity index (χ0) is 21.1. The van der Waals surface area contributed by atoms with Crippen LogP contribution < -0.4 is 5.32 Å². The highest BCUT2D eigenvalue weighted by Crippen LogP contribution is 2.40. The number of benzene rings is 3. The quantitative estimate of drug-likeness (QED) is 0.349. The lowest BCUT2D eigenvalue weighted by molar-refractivity contribution is 0.126. The number of nitrogens with zero attached hydrogens (tertiary/aromatic N) is 1. The fourth-order valence-corrected chi connectivity index (χ4v) is 4.49. The average Bonchev–Trinajstić information content (AvgIpc) is 3.18. The molecule has 1 aromatic heterocycles. The molecule has 4 aromatic rings. The van der Waals surface area contributed by atoms with Crippen LogP contribution in [-0.4, -0.2) is 10.1 Å². The third-order valence-corrected chi connectivity index (χ3v) is 6.35. The van der Waals surface area contributed by atoms with Crippen LogP contribution in [-0.2, 0) is 12.1 Å². The van der Waals surface area contributed by atoms with Crippen molar-refractivity contribution >= 4 is 28.6 Å². The van der Waals surface area contributed by atoms with Crippen molar-refractivity contribution < 1.29 is 5.11 Å². The van der Waals surface area contributed by atoms with Gasteiger partial charge in [-0.1, -0.05) is 89.5 Å². The molecule has 0 amide bonds. The molecule has 0 aliphatic rings. The van der Waals surface area contributed by atoms with Gasteiger partial charge < -0.3 is 10.4 Å². The van der Waals surface area contributed by atoms with Gasteiger partial charge in [0.15, 0.2) is 4.47 Å². The minimum absolute atomic E-state index is 0.524. The van der Waals surface area contributed by atoms with Crippen LogP contribution in [0.25, 0.3) is 0 Å². The lowest BCUT2D eigenvalue weighted by Crippen LogP contribution is -2.30. The van der Waals surface area contributed by atoms with E-state index in [-0.39, 0.29) is 0 Å². The van der Waals surface area contributed by atoms with Crippen LogP contribution in [0.5, 0.6) is 0 Å². The van der Waals surface area contributed by atoms with Crippen molar-refractivity contribution in [2.24, 2.45) is 0 Å². The van der Waals surface area contributed by atoms with Gasteiger partial charge in [0.05, 0.1) is 6.54 Å². The Balaban J connectivity index is 1.81. The van der Waals surface area contributed by atoms with Gasteiger partial charge in [-0.05, 0) is 31.0 Å². The largest absolute Gasteiger partial charge is 0.380 e. The molecule has 0 saturated heterocycles. The number of aromatic nitrogens is 1. The second-order valence-electron chi connectivity index (χ2n) is 7.42. The minimum Gasteiger partial charge on any atom is -0.380 e. The predicted octanol–water partition coefficient (Wildman–Crippen LogP) is 6.31. The summed E-state index contributed by atoms with van der Waals surface area (Å²) < 4.78 is 0.524. The molecule has 0 atom stereocenters. The third-order valence-electron chi connectivity index (χ3n) is 5.23. The number of aryl methyl sites for hydroxylation is 2. The standard InChI is InChI=1S/C25H23ClN2OS/c1-17-7-11-19(12-8-17)25(29,20-13-9-18(2)10-14-20)22-5-3-4-6-23(22)27-15-21-16-28-24(26)30-21/h3-14,16,27,29H,15H2,1-2H3. The summed E-state index contributed by atoms with van der Waals surface area (Å²) in [6.07, 6.45) is 1.77. The van der Waals surface area contributed by atoms with Crippen LogP contribution >= 0.6 is 22.9 Å². The smallest absolute Gasteiger partial charge is 0.183 e. The number of rotatable bonds is 6. The lowest BCUT2D eigenvalue weighted by atomic mass is 9.79. The van der Waals surface area contributed by atoms with Crippen molar-refractivity contribution in [3.63, 3.8) is 0 Å². The summed E-state index contributed by atoms with van der Waals surface area (Å²) >= 11 is 7.42. The highest BCUT2D eigenvalue weighted by atomic mass is 35.5. The summed E-state index contributed by atoms with van der Waals surface area (Å²) in [6.45, 7) is 4.67. The topological polar surface area (TPSA) is 45.1 Å². The van der Waals surface area contributed by atoms with Gasteiger partial charge in [0.2, 0.25) is 0 Å². The Kier molecular flexibility index (Phi) is 5.91. The summed E-state index contributed by atoms with van der Waals surface area (Å²) in [5.74, 6) is 0. The first-order valence-corrected chi connectivity index (χ1v) is 11.0. The second-order valence-corrected chi connectivity index (χ2v) is 9.12. The molecule has 0 fully saturated rings. The van der Waals surface area contributed by atoms with Crippen LogP contribution in [0.1, 0.15) is 32.7 Å². The van der Waals surface area contributed by atoms with E-state index >= 15 is 0 Å². The van der Waals surface area contributed by atoms with Crippen molar-refractivity contribution in [1.82, 2.24) is 4.98 Å². The molecular formula is C25H23ClN2OS. The summed E-state index contributed by atoms with van der Waals surface area (Å²) in [5, 5.41) is 15.7. The van der Waals surface area contributed by atoms with Gasteiger partial charge in [0.25, 0.3) is 0 Å². The zero-order valence-electron chi connectivity index (χ0n) is 16.9. The molecule has 1 heterocycles. The van der Waals surface area contributed by atoms with E-state index in [2.05, 4.69) is 10.3 Å². The van der Waals surface area contributed by atoms with Gasteiger partial charge in [0.1, 0.15) is 5.60 Å². The lowest BCUT2D eigenvalue weighted by Gasteiger charge is -2.32. The fourth-order valence-electron chi connectivity index (χ4n) is 3.57. The zero-order valence-corrected chi connectivity index (χ0v) is 18.5. The molecule has 30 heavy (non-hydrogen) atoms. The fraction of sp³-hybridized carbons (Fsp3) is 0.160. The summed E-state index contributed by atoms with van der Waals surface area (Å²) in [5.41, 5.74) is 4.33. The van der Waals surface area contributed by atoms with E-state index < -0.39 is 5.60 Å². The van der Waals surface area contributed by atoms with Crippen molar-refractivity contribution in [2.75, 3.05) is 5.32 Å². The Morgan fingerprint density at radius 2 is 1.47 bits per heavy atom. The molecule has 152 valence electrons. The summed E-state index contributed by atoms with van der Waals surface area (Å²) in [7, 11) is 0. The van der Waals surface area contributed by atoms with Gasteiger partial charge in [-0.3, -0.25) is 0 Å². The van der Waals surface area contributed by atoms with Gasteiger partial charge in [-0.2, -0.15) is 0 Å². The molecule has 0 spiro atoms. The van der Waals surface area contributed by atoms with E-state index in [0.717, 1.165) is 38.4 Å². The van der Waals surface area contributed by atoms with Gasteiger partial charge >= 0.3 is 0 Å². The highest BCUT2D eigenvalue weighted by Gasteiger charge is 2.35. The first-order chi connectivity index (χ1) is 14.5. The Bertz CT molecular complexity index is 1090. The van der Waals surface area contributed by atoms with Crippen LogP contribution in [0.15, 0.2) is 79.0 Å². The maximum atomic E-state index is 12.2. The molecule has 0 bridgehead atoms. The number of para-hydroxylation sites is 1. The van der Waals surface area contributed by atoms with Crippen LogP contribution in [0, 0.1) is 13.8 Å². The highest BCUT2D eigenvalue weighted by molar-refractivity contribution is 7.15. The Morgan fingerprint density at radius 1 is 0.900 bits per heavy atom. The molecule has 4 rings (SSSR count). The number of anilines is 1. The molecule has 0 radical (unpaired) electrons. The first-order valence-electron chi connectivity index (χ1n) is 9.77. The van der Waals surface area contributed by atoms with Crippen LogP contribution in [0.3, 0.4) is 0 Å². The normalized spacial score (nSPS) is 11.5. The molecule has 3 aromatic carbocycles. The van der Waals surface area contributed by atoms with Crippen molar-refractivity contribution in [3.05, 3.63) is 116 Å². The third kappa shape index (κ3) is 4.12. The molecule has 0 unspecified atom stereocenters. The first kappa shape index (κ1) is 20.6. The number of hydrogen-bond donors (Lipinski definition) is 2. The number of thiazole rings is 1. The van der Waals surface area contributed by atoms with Crippen LogP contribution in [0.4, 0.5) is 5.69 Å². The molecule has 0 saturated carbocycles. The maximum absolute atomic E-state index is 12.2. The Morgan fingerprint density at radius 3 is 2.00 bits per heavy atom. The summed E-state index contributed by atoms with van der Waals surface area (Å²) in [6, 6.07) is 24.0. The average molecular weight is 435 g/mol. The Labute approximate surface area is 186 Å². The van der Waals surface area contributed by atoms with Crippen molar-refractivity contribution in [3.8, 4) is 0 Å². The van der Waals surface area contributed by atoms with Crippen molar-refractivity contribution in [2.45, 2.75) is 26.0 Å². The minimum atomic E-state index is -1.30. The van der Waals surface area contributed by atoms with E-state index in [9.17, 15) is 5.11 Å². The molecule has 0 aliphatic heterocycles. The van der Waals surface area contributed by atoms with Gasteiger partial charge in [0, 0.05) is 22.3 Å². The molecule has 5 heteroatoms. The molecular weight excluding hydrogens is 412 g/mol. The van der Waals surface area contributed by atoms with Crippen LogP contribution in [0.2, 0.25) is 4.47 Å². The predicted molar refractivity (Wildman–Crippen MR) is 125 cm³/mol. The Hall–Kier alpha value is -2.66. The van der Waals surface area contributed by atoms with E-state index in [4.69, 9.17) is 11.6 Å². The van der Waals surface area contributed by atoms with E-state index in [1.54, 1.807) is 6.20 Å². The second kappa shape index (κ2) is 8.60. The monoisotopic (exact) mass is 434 g/mol. The molecule has 2 N–H and O–H groups in total. The molecule has 0 aliphatic carbocycles. The van der Waals surface area contributed by atoms with Gasteiger partial charge in [-0.15, -0.1) is 11.3 Å². The van der Waals surface area contributed by atoms with Gasteiger partial charge in [-0.25, -0.2) is 4.98 Å². The van der Waals surface area contributed by atoms with E-state index in [0.29, 0.717) is 11.0 Å². The number of aliphatic hydroxyl groups is 1. The number of halogens is 1. The van der Waals surface area contributed by atoms with Crippen molar-refractivity contribution in [1.29, 1.82) is 0 Å². The number of hydrogen-bond acceptors (Lipinski definition) is 4. The maximum Gasteiger partial charge on any atom is 0.183 e. The molecule has 3 nitrogen and oxygen atoms in total. The van der Waals surface area contributed by atoms with E-state index in [1.165, 1.54) is 11.3 Å².